The van der Waals surface area contributed by atoms with E-state index in [1.165, 1.54) is 10.4 Å². The maximum atomic E-state index is 12.5. The molecule has 2 aromatic heterocycles. The molecule has 0 unspecified atom stereocenters. The Morgan fingerprint density at radius 2 is 1.83 bits per heavy atom. The van der Waals surface area contributed by atoms with E-state index in [1.54, 1.807) is 11.3 Å². The minimum absolute atomic E-state index is 0.138. The van der Waals surface area contributed by atoms with Gasteiger partial charge in [-0.2, -0.15) is 0 Å². The van der Waals surface area contributed by atoms with Gasteiger partial charge in [0.05, 0.1) is 5.69 Å². The number of nitrogens with zero attached hydrogens (tertiary/aromatic N) is 4. The summed E-state index contributed by atoms with van der Waals surface area (Å²) in [5, 5.41) is 0.699. The number of carbonyl (C=O) groups is 1. The normalized spacial score (nSPS) is 18.4. The summed E-state index contributed by atoms with van der Waals surface area (Å²) in [5.41, 5.74) is 2.44. The number of amides is 1. The molecule has 0 saturated carbocycles. The molecule has 4 rings (SSSR count). The van der Waals surface area contributed by atoms with Gasteiger partial charge in [-0.05, 0) is 37.0 Å². The summed E-state index contributed by atoms with van der Waals surface area (Å²) >= 11 is 1.61. The molecule has 6 heteroatoms. The number of hydrogen-bond donors (Lipinski definition) is 0. The van der Waals surface area contributed by atoms with Gasteiger partial charge in [-0.25, -0.2) is 4.98 Å². The zero-order valence-electron chi connectivity index (χ0n) is 13.8. The molecule has 2 aromatic rings. The van der Waals surface area contributed by atoms with E-state index in [1.807, 2.05) is 17.3 Å². The van der Waals surface area contributed by atoms with Gasteiger partial charge in [0, 0.05) is 56.4 Å². The maximum Gasteiger partial charge on any atom is 0.282 e. The largest absolute Gasteiger partial charge is 0.337 e. The first-order valence-corrected chi connectivity index (χ1v) is 9.50. The van der Waals surface area contributed by atoms with Gasteiger partial charge >= 0.3 is 0 Å². The van der Waals surface area contributed by atoms with Gasteiger partial charge in [-0.1, -0.05) is 0 Å². The Hall–Kier alpha value is -1.79. The molecular weight excluding hydrogens is 320 g/mol. The Morgan fingerprint density at radius 1 is 1.08 bits per heavy atom. The fourth-order valence-electron chi connectivity index (χ4n) is 3.46. The van der Waals surface area contributed by atoms with Crippen LogP contribution in [0.1, 0.15) is 38.8 Å². The summed E-state index contributed by atoms with van der Waals surface area (Å²) < 4.78 is 0. The standard InChI is InChI=1S/C18H22N4OS/c23-18(22-9-1-2-10-22)17-20-15-5-11-21(12-6-16(15)24-17)13-14-3-7-19-8-4-14/h3-4,7-8H,1-2,5-6,9-13H2. The number of fused-ring (bicyclic) bond motifs is 1. The topological polar surface area (TPSA) is 49.3 Å². The van der Waals surface area contributed by atoms with Gasteiger partial charge in [0.15, 0.2) is 5.01 Å². The van der Waals surface area contributed by atoms with Crippen molar-refractivity contribution in [1.29, 1.82) is 0 Å². The smallest absolute Gasteiger partial charge is 0.282 e. The number of carbonyl (C=O) groups excluding carboxylic acids is 1. The molecular formula is C18H22N4OS. The third-order valence-corrected chi connectivity index (χ3v) is 5.98. The fraction of sp³-hybridized carbons (Fsp3) is 0.500. The summed E-state index contributed by atoms with van der Waals surface area (Å²) in [5.74, 6) is 0.138. The van der Waals surface area contributed by atoms with Crippen molar-refractivity contribution in [3.63, 3.8) is 0 Å². The highest BCUT2D eigenvalue weighted by Gasteiger charge is 2.25. The average molecular weight is 342 g/mol. The minimum Gasteiger partial charge on any atom is -0.337 e. The highest BCUT2D eigenvalue weighted by Crippen LogP contribution is 2.25. The van der Waals surface area contributed by atoms with Crippen molar-refractivity contribution in [3.05, 3.63) is 45.7 Å². The highest BCUT2D eigenvalue weighted by molar-refractivity contribution is 7.13. The van der Waals surface area contributed by atoms with E-state index < -0.39 is 0 Å². The third-order valence-electron chi connectivity index (χ3n) is 4.83. The van der Waals surface area contributed by atoms with Crippen LogP contribution in [-0.2, 0) is 19.4 Å². The summed E-state index contributed by atoms with van der Waals surface area (Å²) in [6, 6.07) is 4.15. The minimum atomic E-state index is 0.138. The molecule has 126 valence electrons. The summed E-state index contributed by atoms with van der Waals surface area (Å²) in [7, 11) is 0. The van der Waals surface area contributed by atoms with Crippen molar-refractivity contribution in [3.8, 4) is 0 Å². The summed E-state index contributed by atoms with van der Waals surface area (Å²) in [6.45, 7) is 4.76. The second kappa shape index (κ2) is 6.99. The van der Waals surface area contributed by atoms with E-state index in [-0.39, 0.29) is 5.91 Å². The highest BCUT2D eigenvalue weighted by atomic mass is 32.1. The van der Waals surface area contributed by atoms with Crippen LogP contribution in [-0.4, -0.2) is 51.9 Å². The molecule has 0 bridgehead atoms. The second-order valence-electron chi connectivity index (χ2n) is 6.52. The number of rotatable bonds is 3. The zero-order chi connectivity index (χ0) is 16.4. The molecule has 1 amide bonds. The zero-order valence-corrected chi connectivity index (χ0v) is 14.6. The molecule has 1 fully saturated rings. The molecule has 0 atom stereocenters. The Kier molecular flexibility index (Phi) is 4.58. The first kappa shape index (κ1) is 15.7. The lowest BCUT2D eigenvalue weighted by atomic mass is 10.2. The predicted octanol–water partition coefficient (Wildman–Crippen LogP) is 2.37. The molecule has 1 saturated heterocycles. The van der Waals surface area contributed by atoms with Gasteiger partial charge in [0.2, 0.25) is 0 Å². The molecule has 2 aliphatic rings. The molecule has 0 aromatic carbocycles. The van der Waals surface area contributed by atoms with E-state index in [0.717, 1.165) is 64.1 Å². The molecule has 0 radical (unpaired) electrons. The van der Waals surface area contributed by atoms with E-state index in [2.05, 4.69) is 27.0 Å². The first-order chi connectivity index (χ1) is 11.8. The van der Waals surface area contributed by atoms with E-state index in [9.17, 15) is 4.79 Å². The van der Waals surface area contributed by atoms with Crippen molar-refractivity contribution in [2.45, 2.75) is 32.2 Å². The second-order valence-corrected chi connectivity index (χ2v) is 7.60. The van der Waals surface area contributed by atoms with Crippen molar-refractivity contribution in [1.82, 2.24) is 19.8 Å². The van der Waals surface area contributed by atoms with E-state index in [0.29, 0.717) is 5.01 Å². The van der Waals surface area contributed by atoms with E-state index in [4.69, 9.17) is 0 Å². The lowest BCUT2D eigenvalue weighted by molar-refractivity contribution is 0.0792. The fourth-order valence-corrected chi connectivity index (χ4v) is 4.53. The van der Waals surface area contributed by atoms with Crippen LogP contribution < -0.4 is 0 Å². The lowest BCUT2D eigenvalue weighted by Gasteiger charge is -2.19. The summed E-state index contributed by atoms with van der Waals surface area (Å²) in [4.78, 5) is 27.0. The van der Waals surface area contributed by atoms with Gasteiger partial charge in [0.25, 0.3) is 5.91 Å². The van der Waals surface area contributed by atoms with Crippen LogP contribution in [0.15, 0.2) is 24.5 Å². The van der Waals surface area contributed by atoms with Crippen LogP contribution >= 0.6 is 11.3 Å². The molecule has 2 aliphatic heterocycles. The Balaban J connectivity index is 1.41. The summed E-state index contributed by atoms with van der Waals surface area (Å²) in [6.07, 6.45) is 7.88. The monoisotopic (exact) mass is 342 g/mol. The lowest BCUT2D eigenvalue weighted by Crippen LogP contribution is -2.28. The van der Waals surface area contributed by atoms with Gasteiger partial charge in [-0.15, -0.1) is 11.3 Å². The van der Waals surface area contributed by atoms with Crippen LogP contribution in [0.4, 0.5) is 0 Å². The van der Waals surface area contributed by atoms with Gasteiger partial charge < -0.3 is 4.90 Å². The van der Waals surface area contributed by atoms with Gasteiger partial charge in [0.1, 0.15) is 0 Å². The van der Waals surface area contributed by atoms with Crippen LogP contribution in [0.2, 0.25) is 0 Å². The Labute approximate surface area is 146 Å². The quantitative estimate of drug-likeness (QED) is 0.859. The maximum absolute atomic E-state index is 12.5. The number of hydrogen-bond acceptors (Lipinski definition) is 5. The number of likely N-dealkylation sites (tertiary alicyclic amines) is 1. The van der Waals surface area contributed by atoms with Crippen LogP contribution in [0.3, 0.4) is 0 Å². The van der Waals surface area contributed by atoms with Crippen LogP contribution in [0, 0.1) is 0 Å². The average Bonchev–Trinajstić information content (AvgIpc) is 3.25. The third kappa shape index (κ3) is 3.35. The number of pyridine rings is 1. The SMILES string of the molecule is O=C(c1nc2c(s1)CCN(Cc1ccncc1)CC2)N1CCCC1. The van der Waals surface area contributed by atoms with Crippen molar-refractivity contribution in [2.24, 2.45) is 0 Å². The van der Waals surface area contributed by atoms with Crippen molar-refractivity contribution >= 4 is 17.2 Å². The number of aromatic nitrogens is 2. The van der Waals surface area contributed by atoms with Crippen LogP contribution in [0.5, 0.6) is 0 Å². The van der Waals surface area contributed by atoms with Crippen LogP contribution in [0.25, 0.3) is 0 Å². The van der Waals surface area contributed by atoms with E-state index >= 15 is 0 Å². The Morgan fingerprint density at radius 3 is 2.62 bits per heavy atom. The molecule has 5 nitrogen and oxygen atoms in total. The molecule has 24 heavy (non-hydrogen) atoms. The first-order valence-electron chi connectivity index (χ1n) is 8.69. The predicted molar refractivity (Wildman–Crippen MR) is 94.2 cm³/mol. The van der Waals surface area contributed by atoms with Crippen molar-refractivity contribution < 1.29 is 4.79 Å². The Bertz CT molecular complexity index is 684. The number of thiazole rings is 1. The molecule has 0 aliphatic carbocycles. The van der Waals surface area contributed by atoms with Crippen molar-refractivity contribution in [2.75, 3.05) is 26.2 Å². The van der Waals surface area contributed by atoms with Gasteiger partial charge in [-0.3, -0.25) is 14.7 Å². The molecule has 4 heterocycles. The molecule has 0 N–H and O–H groups in total. The molecule has 0 spiro atoms.